The second kappa shape index (κ2) is 7.29. The van der Waals surface area contributed by atoms with Crippen molar-refractivity contribution in [3.8, 4) is 0 Å². The van der Waals surface area contributed by atoms with E-state index in [0.717, 1.165) is 0 Å². The summed E-state index contributed by atoms with van der Waals surface area (Å²) in [6.45, 7) is 10.7. The molecule has 3 nitrogen and oxygen atoms in total. The molecule has 0 radical (unpaired) electrons. The molecular weight excluding hydrogens is 236 g/mol. The third-order valence-electron chi connectivity index (χ3n) is 3.12. The molecule has 1 aromatic rings. The summed E-state index contributed by atoms with van der Waals surface area (Å²) in [4.78, 5) is 11.6. The second-order valence-corrected chi connectivity index (χ2v) is 5.65. The highest BCUT2D eigenvalue weighted by atomic mass is 16.1. The van der Waals surface area contributed by atoms with Gasteiger partial charge in [0.1, 0.15) is 0 Å². The zero-order chi connectivity index (χ0) is 14.4. The van der Waals surface area contributed by atoms with Gasteiger partial charge in [-0.15, -0.1) is 0 Å². The second-order valence-electron chi connectivity index (χ2n) is 5.65. The highest BCUT2D eigenvalue weighted by Gasteiger charge is 2.08. The van der Waals surface area contributed by atoms with Gasteiger partial charge in [-0.2, -0.15) is 0 Å². The van der Waals surface area contributed by atoms with Crippen LogP contribution in [0.2, 0.25) is 0 Å². The summed E-state index contributed by atoms with van der Waals surface area (Å²) >= 11 is 0. The number of hydrogen-bond donors (Lipinski definition) is 2. The van der Waals surface area contributed by atoms with E-state index in [9.17, 15) is 4.79 Å². The predicted molar refractivity (Wildman–Crippen MR) is 80.2 cm³/mol. The Kier molecular flexibility index (Phi) is 6.03. The maximum absolute atomic E-state index is 11.6. The smallest absolute Gasteiger partial charge is 0.234 e. The topological polar surface area (TPSA) is 41.1 Å². The van der Waals surface area contributed by atoms with Gasteiger partial charge in [0.2, 0.25) is 5.91 Å². The van der Waals surface area contributed by atoms with Crippen LogP contribution in [0.5, 0.6) is 0 Å². The van der Waals surface area contributed by atoms with Gasteiger partial charge in [0.25, 0.3) is 0 Å². The molecule has 1 unspecified atom stereocenters. The number of hydrogen-bond acceptors (Lipinski definition) is 2. The average molecular weight is 262 g/mol. The Balaban J connectivity index is 2.49. The van der Waals surface area contributed by atoms with E-state index in [0.29, 0.717) is 12.5 Å². The zero-order valence-electron chi connectivity index (χ0n) is 12.7. The Labute approximate surface area is 116 Å². The van der Waals surface area contributed by atoms with Crippen molar-refractivity contribution >= 4 is 5.91 Å². The highest BCUT2D eigenvalue weighted by Crippen LogP contribution is 2.18. The van der Waals surface area contributed by atoms with E-state index in [-0.39, 0.29) is 18.0 Å². The number of carbonyl (C=O) groups is 1. The maximum atomic E-state index is 11.6. The molecule has 2 N–H and O–H groups in total. The molecule has 0 saturated heterocycles. The van der Waals surface area contributed by atoms with Crippen molar-refractivity contribution in [1.82, 2.24) is 10.6 Å². The maximum Gasteiger partial charge on any atom is 0.234 e. The molecule has 0 spiro atoms. The van der Waals surface area contributed by atoms with E-state index < -0.39 is 0 Å². The average Bonchev–Trinajstić information content (AvgIpc) is 2.35. The Bertz CT molecular complexity index is 396. The third kappa shape index (κ3) is 5.43. The molecule has 0 aliphatic rings. The van der Waals surface area contributed by atoms with Crippen LogP contribution < -0.4 is 10.6 Å². The fraction of sp³-hybridized carbons (Fsp3) is 0.562. The summed E-state index contributed by atoms with van der Waals surface area (Å²) in [7, 11) is 0. The van der Waals surface area contributed by atoms with Crippen LogP contribution in [0, 0.1) is 0 Å². The van der Waals surface area contributed by atoms with Gasteiger partial charge < -0.3 is 10.6 Å². The lowest BCUT2D eigenvalue weighted by Gasteiger charge is -2.16. The summed E-state index contributed by atoms with van der Waals surface area (Å²) < 4.78 is 0. The van der Waals surface area contributed by atoms with Crippen LogP contribution in [-0.4, -0.2) is 18.5 Å². The molecule has 0 aliphatic carbocycles. The van der Waals surface area contributed by atoms with E-state index in [1.165, 1.54) is 11.1 Å². The monoisotopic (exact) mass is 262 g/mol. The number of carbonyl (C=O) groups excluding carboxylic acids is 1. The molecule has 0 aromatic heterocycles. The first kappa shape index (κ1) is 15.7. The van der Waals surface area contributed by atoms with Crippen LogP contribution in [0.25, 0.3) is 0 Å². The van der Waals surface area contributed by atoms with Crippen LogP contribution in [0.15, 0.2) is 24.3 Å². The summed E-state index contributed by atoms with van der Waals surface area (Å²) in [5.41, 5.74) is 2.55. The molecule has 3 heteroatoms. The first-order chi connectivity index (χ1) is 8.90. The van der Waals surface area contributed by atoms with Crippen LogP contribution in [0.3, 0.4) is 0 Å². The van der Waals surface area contributed by atoms with E-state index in [1.807, 2.05) is 13.8 Å². The van der Waals surface area contributed by atoms with Gasteiger partial charge in [0.05, 0.1) is 6.54 Å². The Morgan fingerprint density at radius 3 is 2.00 bits per heavy atom. The van der Waals surface area contributed by atoms with Crippen molar-refractivity contribution in [2.75, 3.05) is 6.54 Å². The highest BCUT2D eigenvalue weighted by molar-refractivity contribution is 5.78. The standard InChI is InChI=1S/C16H26N2O/c1-11(2)14-6-8-15(9-7-14)13(5)17-10-16(19)18-12(3)4/h6-9,11-13,17H,10H2,1-5H3,(H,18,19). The van der Waals surface area contributed by atoms with Crippen molar-refractivity contribution in [3.05, 3.63) is 35.4 Å². The molecule has 19 heavy (non-hydrogen) atoms. The first-order valence-electron chi connectivity index (χ1n) is 7.02. The van der Waals surface area contributed by atoms with E-state index >= 15 is 0 Å². The van der Waals surface area contributed by atoms with Gasteiger partial charge in [-0.1, -0.05) is 38.1 Å². The number of benzene rings is 1. The summed E-state index contributed by atoms with van der Waals surface area (Å²) in [5, 5.41) is 6.11. The first-order valence-corrected chi connectivity index (χ1v) is 7.02. The van der Waals surface area contributed by atoms with Crippen molar-refractivity contribution in [3.63, 3.8) is 0 Å². The molecule has 106 valence electrons. The van der Waals surface area contributed by atoms with Crippen LogP contribution >= 0.6 is 0 Å². The third-order valence-corrected chi connectivity index (χ3v) is 3.12. The van der Waals surface area contributed by atoms with E-state index in [2.05, 4.69) is 55.7 Å². The summed E-state index contributed by atoms with van der Waals surface area (Å²) in [5.74, 6) is 0.592. The van der Waals surface area contributed by atoms with Crippen LogP contribution in [0.4, 0.5) is 0 Å². The summed E-state index contributed by atoms with van der Waals surface area (Å²) in [6, 6.07) is 8.95. The fourth-order valence-corrected chi connectivity index (χ4v) is 1.91. The molecule has 0 saturated carbocycles. The van der Waals surface area contributed by atoms with Gasteiger partial charge >= 0.3 is 0 Å². The van der Waals surface area contributed by atoms with E-state index in [4.69, 9.17) is 0 Å². The van der Waals surface area contributed by atoms with Gasteiger partial charge in [0, 0.05) is 12.1 Å². The minimum absolute atomic E-state index is 0.0423. The SMILES string of the molecule is CC(C)NC(=O)CNC(C)c1ccc(C(C)C)cc1. The number of rotatable bonds is 6. The molecule has 0 bridgehead atoms. The van der Waals surface area contributed by atoms with Crippen LogP contribution in [0.1, 0.15) is 57.7 Å². The normalized spacial score (nSPS) is 12.8. The Hall–Kier alpha value is -1.35. The van der Waals surface area contributed by atoms with E-state index in [1.54, 1.807) is 0 Å². The molecule has 0 fully saturated rings. The molecular formula is C16H26N2O. The molecule has 1 amide bonds. The zero-order valence-corrected chi connectivity index (χ0v) is 12.7. The lowest BCUT2D eigenvalue weighted by Crippen LogP contribution is -2.38. The lowest BCUT2D eigenvalue weighted by atomic mass is 9.99. The molecule has 0 heterocycles. The van der Waals surface area contributed by atoms with Crippen molar-refractivity contribution < 1.29 is 4.79 Å². The Morgan fingerprint density at radius 1 is 1.00 bits per heavy atom. The number of nitrogens with one attached hydrogen (secondary N) is 2. The minimum Gasteiger partial charge on any atom is -0.353 e. The van der Waals surface area contributed by atoms with Gasteiger partial charge in [-0.25, -0.2) is 0 Å². The molecule has 1 aromatic carbocycles. The molecule has 1 rings (SSSR count). The van der Waals surface area contributed by atoms with Crippen molar-refractivity contribution in [2.24, 2.45) is 0 Å². The van der Waals surface area contributed by atoms with Crippen molar-refractivity contribution in [1.29, 1.82) is 0 Å². The van der Waals surface area contributed by atoms with Gasteiger partial charge in [-0.3, -0.25) is 4.79 Å². The number of amides is 1. The Morgan fingerprint density at radius 2 is 1.53 bits per heavy atom. The van der Waals surface area contributed by atoms with Gasteiger partial charge in [0.15, 0.2) is 0 Å². The lowest BCUT2D eigenvalue weighted by molar-refractivity contribution is -0.120. The fourth-order valence-electron chi connectivity index (χ4n) is 1.91. The minimum atomic E-state index is 0.0423. The predicted octanol–water partition coefficient (Wildman–Crippen LogP) is 2.99. The molecule has 0 aliphatic heterocycles. The molecule has 1 atom stereocenters. The van der Waals surface area contributed by atoms with Crippen LogP contribution in [-0.2, 0) is 4.79 Å². The quantitative estimate of drug-likeness (QED) is 0.827. The largest absolute Gasteiger partial charge is 0.353 e. The van der Waals surface area contributed by atoms with Gasteiger partial charge in [-0.05, 0) is 37.8 Å². The van der Waals surface area contributed by atoms with Crippen molar-refractivity contribution in [2.45, 2.75) is 52.6 Å². The summed E-state index contributed by atoms with van der Waals surface area (Å²) in [6.07, 6.45) is 0.